The first-order chi connectivity index (χ1) is 11.6. The van der Waals surface area contributed by atoms with Crippen LogP contribution in [0.25, 0.3) is 10.8 Å². The Labute approximate surface area is 149 Å². The fraction of sp³-hybridized carbons (Fsp3) is 0.150. The zero-order valence-electron chi connectivity index (χ0n) is 13.5. The highest BCUT2D eigenvalue weighted by atomic mass is 79.9. The van der Waals surface area contributed by atoms with Crippen molar-refractivity contribution in [1.29, 1.82) is 0 Å². The summed E-state index contributed by atoms with van der Waals surface area (Å²) in [4.78, 5) is 12.7. The summed E-state index contributed by atoms with van der Waals surface area (Å²) in [6.45, 7) is 1.98. The molecule has 0 saturated heterocycles. The van der Waals surface area contributed by atoms with E-state index in [1.807, 2.05) is 67.6 Å². The number of carbonyl (C=O) groups is 1. The topological polar surface area (TPSA) is 38.3 Å². The van der Waals surface area contributed by atoms with Crippen molar-refractivity contribution in [1.82, 2.24) is 5.32 Å². The lowest BCUT2D eigenvalue weighted by Gasteiger charge is -2.16. The molecule has 3 aromatic carbocycles. The second-order valence-electron chi connectivity index (χ2n) is 5.61. The summed E-state index contributed by atoms with van der Waals surface area (Å²) in [5.74, 6) is 0.673. The number of ether oxygens (including phenoxy) is 1. The summed E-state index contributed by atoms with van der Waals surface area (Å²) in [5, 5.41) is 4.89. The maximum absolute atomic E-state index is 12.7. The molecule has 0 aliphatic heterocycles. The van der Waals surface area contributed by atoms with Gasteiger partial charge in [-0.1, -0.05) is 52.3 Å². The average molecular weight is 384 g/mol. The Kier molecular flexibility index (Phi) is 4.86. The van der Waals surface area contributed by atoms with E-state index in [1.54, 1.807) is 7.11 Å². The minimum absolute atomic E-state index is 0.0773. The van der Waals surface area contributed by atoms with Crippen molar-refractivity contribution >= 4 is 32.6 Å². The van der Waals surface area contributed by atoms with E-state index in [0.29, 0.717) is 5.56 Å². The number of nitrogens with one attached hydrogen (secondary N) is 1. The number of methoxy groups -OCH3 is 1. The van der Waals surface area contributed by atoms with E-state index in [1.165, 1.54) is 0 Å². The summed E-state index contributed by atoms with van der Waals surface area (Å²) < 4.78 is 6.41. The van der Waals surface area contributed by atoms with Gasteiger partial charge in [0.25, 0.3) is 5.91 Å². The van der Waals surface area contributed by atoms with Crippen molar-refractivity contribution in [2.45, 2.75) is 13.0 Å². The van der Waals surface area contributed by atoms with E-state index in [9.17, 15) is 4.79 Å². The minimum atomic E-state index is -0.0933. The van der Waals surface area contributed by atoms with Crippen LogP contribution in [0.4, 0.5) is 0 Å². The minimum Gasteiger partial charge on any atom is -0.496 e. The molecule has 3 aromatic rings. The first kappa shape index (κ1) is 16.5. The maximum atomic E-state index is 12.7. The molecule has 1 atom stereocenters. The molecular weight excluding hydrogens is 366 g/mol. The Bertz CT molecular complexity index is 874. The molecule has 122 valence electrons. The van der Waals surface area contributed by atoms with Crippen LogP contribution in [0.5, 0.6) is 5.75 Å². The molecule has 0 fully saturated rings. The summed E-state index contributed by atoms with van der Waals surface area (Å²) in [6.07, 6.45) is 0. The van der Waals surface area contributed by atoms with Gasteiger partial charge in [0, 0.05) is 15.4 Å². The molecule has 0 aromatic heterocycles. The largest absolute Gasteiger partial charge is 0.496 e. The van der Waals surface area contributed by atoms with E-state index < -0.39 is 0 Å². The van der Waals surface area contributed by atoms with Gasteiger partial charge in [-0.25, -0.2) is 0 Å². The van der Waals surface area contributed by atoms with Crippen molar-refractivity contribution in [3.63, 3.8) is 0 Å². The molecule has 1 N–H and O–H groups in total. The third-order valence-corrected chi connectivity index (χ3v) is 4.59. The summed E-state index contributed by atoms with van der Waals surface area (Å²) >= 11 is 3.42. The van der Waals surface area contributed by atoms with Gasteiger partial charge in [-0.05, 0) is 42.1 Å². The standard InChI is InChI=1S/C20H18BrNO2/c1-13(14-7-9-15(21)10-8-14)22-20(23)18-11-12-19(24-2)17-6-4-3-5-16(17)18/h3-13H,1-2H3,(H,22,23). The Morgan fingerprint density at radius 3 is 2.33 bits per heavy atom. The highest BCUT2D eigenvalue weighted by molar-refractivity contribution is 9.10. The fourth-order valence-electron chi connectivity index (χ4n) is 2.76. The van der Waals surface area contributed by atoms with Crippen LogP contribution >= 0.6 is 15.9 Å². The van der Waals surface area contributed by atoms with Crippen molar-refractivity contribution in [3.05, 3.63) is 76.3 Å². The first-order valence-electron chi connectivity index (χ1n) is 7.72. The number of fused-ring (bicyclic) bond motifs is 1. The SMILES string of the molecule is COc1ccc(C(=O)NC(C)c2ccc(Br)cc2)c2ccccc12. The normalized spacial score (nSPS) is 12.0. The van der Waals surface area contributed by atoms with Crippen LogP contribution in [0.15, 0.2) is 65.1 Å². The van der Waals surface area contributed by atoms with Crippen molar-refractivity contribution in [2.75, 3.05) is 7.11 Å². The second kappa shape index (κ2) is 7.05. The average Bonchev–Trinajstić information content (AvgIpc) is 2.61. The zero-order chi connectivity index (χ0) is 17.1. The molecule has 3 nitrogen and oxygen atoms in total. The highest BCUT2D eigenvalue weighted by Gasteiger charge is 2.15. The Morgan fingerprint density at radius 1 is 1.00 bits per heavy atom. The van der Waals surface area contributed by atoms with Crippen LogP contribution in [0.1, 0.15) is 28.9 Å². The van der Waals surface area contributed by atoms with Crippen LogP contribution in [-0.2, 0) is 0 Å². The van der Waals surface area contributed by atoms with E-state index >= 15 is 0 Å². The number of hydrogen-bond donors (Lipinski definition) is 1. The van der Waals surface area contributed by atoms with Gasteiger partial charge < -0.3 is 10.1 Å². The van der Waals surface area contributed by atoms with Crippen LogP contribution in [0, 0.1) is 0 Å². The molecule has 0 aliphatic carbocycles. The van der Waals surface area contributed by atoms with Gasteiger partial charge in [-0.15, -0.1) is 0 Å². The molecule has 0 bridgehead atoms. The quantitative estimate of drug-likeness (QED) is 0.680. The van der Waals surface area contributed by atoms with Gasteiger partial charge in [0.05, 0.1) is 13.2 Å². The first-order valence-corrected chi connectivity index (χ1v) is 8.51. The summed E-state index contributed by atoms with van der Waals surface area (Å²) in [6, 6.07) is 19.3. The highest BCUT2D eigenvalue weighted by Crippen LogP contribution is 2.28. The zero-order valence-corrected chi connectivity index (χ0v) is 15.1. The molecule has 24 heavy (non-hydrogen) atoms. The molecule has 0 heterocycles. The van der Waals surface area contributed by atoms with Crippen LogP contribution in [0.2, 0.25) is 0 Å². The maximum Gasteiger partial charge on any atom is 0.252 e. The summed E-state index contributed by atoms with van der Waals surface area (Å²) in [5.41, 5.74) is 1.71. The number of benzene rings is 3. The Morgan fingerprint density at radius 2 is 1.67 bits per heavy atom. The van der Waals surface area contributed by atoms with Gasteiger partial charge in [0.2, 0.25) is 0 Å². The number of rotatable bonds is 4. The van der Waals surface area contributed by atoms with Crippen molar-refractivity contribution in [2.24, 2.45) is 0 Å². The Balaban J connectivity index is 1.90. The van der Waals surface area contributed by atoms with E-state index in [4.69, 9.17) is 4.74 Å². The lowest BCUT2D eigenvalue weighted by molar-refractivity contribution is 0.0941. The van der Waals surface area contributed by atoms with Crippen LogP contribution in [-0.4, -0.2) is 13.0 Å². The van der Waals surface area contributed by atoms with Gasteiger partial charge in [0.15, 0.2) is 0 Å². The van der Waals surface area contributed by atoms with Crippen LogP contribution < -0.4 is 10.1 Å². The van der Waals surface area contributed by atoms with E-state index in [0.717, 1.165) is 26.6 Å². The van der Waals surface area contributed by atoms with Crippen molar-refractivity contribution < 1.29 is 9.53 Å². The van der Waals surface area contributed by atoms with Gasteiger partial charge in [0.1, 0.15) is 5.75 Å². The number of carbonyl (C=O) groups excluding carboxylic acids is 1. The lowest BCUT2D eigenvalue weighted by Crippen LogP contribution is -2.26. The third kappa shape index (κ3) is 3.29. The van der Waals surface area contributed by atoms with Crippen molar-refractivity contribution in [3.8, 4) is 5.75 Å². The molecule has 3 rings (SSSR count). The smallest absolute Gasteiger partial charge is 0.252 e. The third-order valence-electron chi connectivity index (χ3n) is 4.07. The number of halogens is 1. The summed E-state index contributed by atoms with van der Waals surface area (Å²) in [7, 11) is 1.64. The number of hydrogen-bond acceptors (Lipinski definition) is 2. The Hall–Kier alpha value is -2.33. The molecule has 1 unspecified atom stereocenters. The molecule has 1 amide bonds. The van der Waals surface area contributed by atoms with E-state index in [2.05, 4.69) is 21.2 Å². The molecule has 4 heteroatoms. The predicted molar refractivity (Wildman–Crippen MR) is 101 cm³/mol. The number of amides is 1. The molecule has 0 aliphatic rings. The molecule has 0 saturated carbocycles. The monoisotopic (exact) mass is 383 g/mol. The van der Waals surface area contributed by atoms with Gasteiger partial charge >= 0.3 is 0 Å². The molecule has 0 radical (unpaired) electrons. The van der Waals surface area contributed by atoms with Crippen LogP contribution in [0.3, 0.4) is 0 Å². The predicted octanol–water partition coefficient (Wildman–Crippen LogP) is 5.10. The lowest BCUT2D eigenvalue weighted by atomic mass is 10.0. The second-order valence-corrected chi connectivity index (χ2v) is 6.52. The van der Waals surface area contributed by atoms with Gasteiger partial charge in [-0.3, -0.25) is 4.79 Å². The molecular formula is C20H18BrNO2. The van der Waals surface area contributed by atoms with E-state index in [-0.39, 0.29) is 11.9 Å². The molecule has 0 spiro atoms. The van der Waals surface area contributed by atoms with Gasteiger partial charge in [-0.2, -0.15) is 0 Å². The fourth-order valence-corrected chi connectivity index (χ4v) is 3.02.